The molecule has 2 heteroatoms. The van der Waals surface area contributed by atoms with Gasteiger partial charge in [0, 0.05) is 22.6 Å². The molecule has 3 rings (SSSR count). The summed E-state index contributed by atoms with van der Waals surface area (Å²) in [5.74, 6) is 0. The minimum absolute atomic E-state index is 0.660. The normalized spacial score (nSPS) is 10.1. The van der Waals surface area contributed by atoms with E-state index >= 15 is 0 Å². The van der Waals surface area contributed by atoms with Crippen molar-refractivity contribution in [3.05, 3.63) is 103 Å². The molecule has 0 saturated heterocycles. The van der Waals surface area contributed by atoms with E-state index in [1.807, 2.05) is 60.7 Å². The molecule has 0 aliphatic heterocycles. The van der Waals surface area contributed by atoms with Crippen LogP contribution in [-0.2, 0) is 0 Å². The Bertz CT molecular complexity index is 752. The van der Waals surface area contributed by atoms with E-state index in [-0.39, 0.29) is 0 Å². The Morgan fingerprint density at radius 2 is 0.880 bits per heavy atom. The van der Waals surface area contributed by atoms with Crippen molar-refractivity contribution < 1.29 is 4.79 Å². The van der Waals surface area contributed by atoms with Gasteiger partial charge < -0.3 is 4.90 Å². The lowest BCUT2D eigenvalue weighted by Crippen LogP contribution is -2.09. The topological polar surface area (TPSA) is 20.3 Å². The van der Waals surface area contributed by atoms with E-state index in [4.69, 9.17) is 0 Å². The molecule has 0 saturated carbocycles. The smallest absolute Gasteiger partial charge is 0.150 e. The van der Waals surface area contributed by atoms with E-state index in [2.05, 4.69) is 42.3 Å². The van der Waals surface area contributed by atoms with Crippen molar-refractivity contribution in [2.45, 2.75) is 0 Å². The Morgan fingerprint density at radius 1 is 0.560 bits per heavy atom. The first-order valence-electron chi connectivity index (χ1n) is 8.05. The van der Waals surface area contributed by atoms with Gasteiger partial charge >= 0.3 is 0 Å². The van der Waals surface area contributed by atoms with Crippen LogP contribution in [0.15, 0.2) is 86.0 Å². The van der Waals surface area contributed by atoms with Gasteiger partial charge in [-0.05, 0) is 59.7 Å². The molecular weight excluding hydrogens is 306 g/mol. The zero-order valence-corrected chi connectivity index (χ0v) is 13.9. The van der Waals surface area contributed by atoms with Crippen LogP contribution < -0.4 is 4.90 Å². The molecule has 3 aromatic rings. The van der Waals surface area contributed by atoms with E-state index < -0.39 is 0 Å². The number of nitrogens with zero attached hydrogens (tertiary/aromatic N) is 1. The van der Waals surface area contributed by atoms with E-state index in [1.54, 1.807) is 0 Å². The Kier molecular flexibility index (Phi) is 4.91. The minimum atomic E-state index is 0.660. The van der Waals surface area contributed by atoms with Gasteiger partial charge in [0.15, 0.2) is 0 Å². The summed E-state index contributed by atoms with van der Waals surface area (Å²) in [6, 6.07) is 23.9. The third kappa shape index (κ3) is 3.59. The molecule has 0 amide bonds. The molecule has 0 aliphatic carbocycles. The summed E-state index contributed by atoms with van der Waals surface area (Å²) in [6.07, 6.45) is 4.50. The lowest BCUT2D eigenvalue weighted by atomic mass is 10.1. The van der Waals surface area contributed by atoms with Gasteiger partial charge in [0.25, 0.3) is 0 Å². The molecule has 0 spiro atoms. The molecule has 0 fully saturated rings. The maximum atomic E-state index is 10.9. The van der Waals surface area contributed by atoms with Gasteiger partial charge in [0.2, 0.25) is 0 Å². The first-order valence-corrected chi connectivity index (χ1v) is 8.05. The summed E-state index contributed by atoms with van der Waals surface area (Å²) in [7, 11) is 0. The number of hydrogen-bond donors (Lipinski definition) is 0. The summed E-state index contributed by atoms with van der Waals surface area (Å²) in [6.45, 7) is 7.61. The summed E-state index contributed by atoms with van der Waals surface area (Å²) in [4.78, 5) is 13.1. The van der Waals surface area contributed by atoms with Crippen molar-refractivity contribution in [2.24, 2.45) is 0 Å². The van der Waals surface area contributed by atoms with Crippen LogP contribution in [0.4, 0.5) is 17.1 Å². The maximum absolute atomic E-state index is 10.9. The number of aldehydes is 1. The molecule has 0 N–H and O–H groups in total. The van der Waals surface area contributed by atoms with Crippen LogP contribution in [0.2, 0.25) is 0 Å². The SMILES string of the molecule is C=Cc1ccc(N(c2ccc(C=C)cc2)c2ccc(C=O)cc2)cc1. The maximum Gasteiger partial charge on any atom is 0.150 e. The molecule has 25 heavy (non-hydrogen) atoms. The Morgan fingerprint density at radius 3 is 1.16 bits per heavy atom. The number of rotatable bonds is 6. The van der Waals surface area contributed by atoms with Crippen LogP contribution >= 0.6 is 0 Å². The average Bonchev–Trinajstić information content (AvgIpc) is 2.70. The molecule has 0 heterocycles. The average molecular weight is 325 g/mol. The second-order valence-corrected chi connectivity index (χ2v) is 5.64. The predicted molar refractivity (Wildman–Crippen MR) is 107 cm³/mol. The first-order chi connectivity index (χ1) is 12.2. The molecular formula is C23H19NO. The first kappa shape index (κ1) is 16.5. The molecule has 2 nitrogen and oxygen atoms in total. The molecule has 0 aromatic heterocycles. The molecule has 0 bridgehead atoms. The van der Waals surface area contributed by atoms with Gasteiger partial charge in [-0.15, -0.1) is 0 Å². The standard InChI is InChI=1S/C23H19NO/c1-3-18-5-11-21(12-6-18)24(22-13-7-19(4-2)8-14-22)23-15-9-20(17-25)10-16-23/h3-17H,1-2H2. The third-order valence-corrected chi connectivity index (χ3v) is 4.06. The van der Waals surface area contributed by atoms with Gasteiger partial charge in [-0.1, -0.05) is 49.6 Å². The number of anilines is 3. The third-order valence-electron chi connectivity index (χ3n) is 4.06. The quantitative estimate of drug-likeness (QED) is 0.499. The van der Waals surface area contributed by atoms with Crippen LogP contribution in [0.1, 0.15) is 21.5 Å². The lowest BCUT2D eigenvalue weighted by molar-refractivity contribution is 0.112. The largest absolute Gasteiger partial charge is 0.311 e. The van der Waals surface area contributed by atoms with E-state index in [9.17, 15) is 4.79 Å². The van der Waals surface area contributed by atoms with Crippen LogP contribution in [0, 0.1) is 0 Å². The van der Waals surface area contributed by atoms with Crippen molar-refractivity contribution in [1.29, 1.82) is 0 Å². The lowest BCUT2D eigenvalue weighted by Gasteiger charge is -2.25. The fraction of sp³-hybridized carbons (Fsp3) is 0. The number of benzene rings is 3. The highest BCUT2D eigenvalue weighted by molar-refractivity contribution is 5.80. The number of hydrogen-bond acceptors (Lipinski definition) is 2. The van der Waals surface area contributed by atoms with Crippen molar-refractivity contribution in [3.63, 3.8) is 0 Å². The molecule has 0 radical (unpaired) electrons. The molecule has 122 valence electrons. The van der Waals surface area contributed by atoms with E-state index in [0.29, 0.717) is 5.56 Å². The van der Waals surface area contributed by atoms with Crippen LogP contribution in [0.5, 0.6) is 0 Å². The fourth-order valence-electron chi connectivity index (χ4n) is 2.67. The summed E-state index contributed by atoms with van der Waals surface area (Å²) >= 11 is 0. The minimum Gasteiger partial charge on any atom is -0.311 e. The predicted octanol–water partition coefficient (Wildman–Crippen LogP) is 6.25. The van der Waals surface area contributed by atoms with Crippen molar-refractivity contribution in [1.82, 2.24) is 0 Å². The van der Waals surface area contributed by atoms with E-state index in [0.717, 1.165) is 34.5 Å². The van der Waals surface area contributed by atoms with Gasteiger partial charge in [-0.2, -0.15) is 0 Å². The second kappa shape index (κ2) is 7.45. The second-order valence-electron chi connectivity index (χ2n) is 5.64. The molecule has 3 aromatic carbocycles. The van der Waals surface area contributed by atoms with Gasteiger partial charge in [-0.3, -0.25) is 4.79 Å². The highest BCUT2D eigenvalue weighted by Crippen LogP contribution is 2.34. The highest BCUT2D eigenvalue weighted by atomic mass is 16.1. The molecule has 0 aliphatic rings. The number of carbonyl (C=O) groups is 1. The van der Waals surface area contributed by atoms with Gasteiger partial charge in [0.05, 0.1) is 0 Å². The van der Waals surface area contributed by atoms with Gasteiger partial charge in [0.1, 0.15) is 6.29 Å². The zero-order valence-electron chi connectivity index (χ0n) is 13.9. The zero-order chi connectivity index (χ0) is 17.6. The van der Waals surface area contributed by atoms with Crippen LogP contribution in [0.3, 0.4) is 0 Å². The highest BCUT2D eigenvalue weighted by Gasteiger charge is 2.12. The van der Waals surface area contributed by atoms with Crippen LogP contribution in [-0.4, -0.2) is 6.29 Å². The Balaban J connectivity index is 2.09. The summed E-state index contributed by atoms with van der Waals surface area (Å²) < 4.78 is 0. The fourth-order valence-corrected chi connectivity index (χ4v) is 2.67. The molecule has 0 atom stereocenters. The molecule has 0 unspecified atom stereocenters. The van der Waals surface area contributed by atoms with Crippen molar-refractivity contribution in [3.8, 4) is 0 Å². The van der Waals surface area contributed by atoms with E-state index in [1.165, 1.54) is 0 Å². The summed E-state index contributed by atoms with van der Waals surface area (Å²) in [5.41, 5.74) is 5.87. The van der Waals surface area contributed by atoms with Crippen molar-refractivity contribution >= 4 is 35.5 Å². The Labute approximate surface area is 148 Å². The van der Waals surface area contributed by atoms with Crippen molar-refractivity contribution in [2.75, 3.05) is 4.90 Å². The monoisotopic (exact) mass is 325 g/mol. The Hall–Kier alpha value is -3.39. The summed E-state index contributed by atoms with van der Waals surface area (Å²) in [5, 5.41) is 0. The number of carbonyl (C=O) groups excluding carboxylic acids is 1. The van der Waals surface area contributed by atoms with Crippen LogP contribution in [0.25, 0.3) is 12.2 Å². The van der Waals surface area contributed by atoms with Gasteiger partial charge in [-0.25, -0.2) is 0 Å².